The van der Waals surface area contributed by atoms with Crippen molar-refractivity contribution in [2.75, 3.05) is 6.61 Å². The summed E-state index contributed by atoms with van der Waals surface area (Å²) < 4.78 is 10.5. The number of carboxylic acid groups (broad SMARTS) is 1. The van der Waals surface area contributed by atoms with Crippen molar-refractivity contribution < 1.29 is 19.1 Å². The highest BCUT2D eigenvalue weighted by Gasteiger charge is 2.17. The Balaban J connectivity index is 2.07. The summed E-state index contributed by atoms with van der Waals surface area (Å²) in [5, 5.41) is 9.55. The SMILES string of the molecule is O=C(O)COc1ccc2c3c(c(=O)oc2c1)CCCCC3. The zero-order valence-corrected chi connectivity index (χ0v) is 11.6. The first-order valence-electron chi connectivity index (χ1n) is 7.08. The molecule has 21 heavy (non-hydrogen) atoms. The number of aryl methyl sites for hydroxylation is 1. The predicted molar refractivity (Wildman–Crippen MR) is 76.9 cm³/mol. The zero-order valence-electron chi connectivity index (χ0n) is 11.6. The van der Waals surface area contributed by atoms with E-state index in [2.05, 4.69) is 0 Å². The molecule has 0 saturated heterocycles. The van der Waals surface area contributed by atoms with Crippen molar-refractivity contribution >= 4 is 16.9 Å². The van der Waals surface area contributed by atoms with Crippen molar-refractivity contribution in [3.05, 3.63) is 39.7 Å². The fourth-order valence-electron chi connectivity index (χ4n) is 2.84. The summed E-state index contributed by atoms with van der Waals surface area (Å²) in [4.78, 5) is 22.6. The fraction of sp³-hybridized carbons (Fsp3) is 0.375. The molecule has 2 aromatic rings. The van der Waals surface area contributed by atoms with Gasteiger partial charge in [0.15, 0.2) is 6.61 Å². The standard InChI is InChI=1S/C16H16O5/c17-15(18)9-20-10-6-7-12-11-4-2-1-3-5-13(11)16(19)21-14(12)8-10/h6-8H,1-5,9H2,(H,17,18). The molecule has 1 aliphatic carbocycles. The van der Waals surface area contributed by atoms with E-state index < -0.39 is 12.6 Å². The molecule has 1 aliphatic rings. The molecule has 0 unspecified atom stereocenters. The number of carbonyl (C=O) groups is 1. The Kier molecular flexibility index (Phi) is 3.64. The molecule has 0 aliphatic heterocycles. The van der Waals surface area contributed by atoms with Crippen molar-refractivity contribution in [2.45, 2.75) is 32.1 Å². The average molecular weight is 288 g/mol. The van der Waals surface area contributed by atoms with E-state index >= 15 is 0 Å². The molecule has 5 nitrogen and oxygen atoms in total. The van der Waals surface area contributed by atoms with E-state index in [9.17, 15) is 9.59 Å². The number of carboxylic acids is 1. The number of benzene rings is 1. The second kappa shape index (κ2) is 5.60. The second-order valence-electron chi connectivity index (χ2n) is 5.25. The number of rotatable bonds is 3. The lowest BCUT2D eigenvalue weighted by atomic mass is 10.0. The fourth-order valence-corrected chi connectivity index (χ4v) is 2.84. The van der Waals surface area contributed by atoms with E-state index in [0.717, 1.165) is 48.6 Å². The molecule has 0 radical (unpaired) electrons. The Hall–Kier alpha value is -2.30. The molecule has 0 fully saturated rings. The maximum atomic E-state index is 12.1. The van der Waals surface area contributed by atoms with Gasteiger partial charge in [-0.15, -0.1) is 0 Å². The first-order valence-corrected chi connectivity index (χ1v) is 7.08. The molecule has 0 saturated carbocycles. The molecule has 3 rings (SSSR count). The molecule has 1 aromatic heterocycles. The van der Waals surface area contributed by atoms with E-state index in [0.29, 0.717) is 11.3 Å². The molecule has 0 bridgehead atoms. The van der Waals surface area contributed by atoms with Crippen LogP contribution in [0.25, 0.3) is 11.0 Å². The van der Waals surface area contributed by atoms with Gasteiger partial charge in [0.25, 0.3) is 0 Å². The quantitative estimate of drug-likeness (QED) is 0.693. The molecule has 0 atom stereocenters. The van der Waals surface area contributed by atoms with Crippen LogP contribution in [0.3, 0.4) is 0 Å². The first-order chi connectivity index (χ1) is 10.1. The molecule has 1 N–H and O–H groups in total. The minimum atomic E-state index is -1.04. The average Bonchev–Trinajstić information content (AvgIpc) is 2.71. The Labute approximate surface area is 121 Å². The van der Waals surface area contributed by atoms with Crippen molar-refractivity contribution in [1.82, 2.24) is 0 Å². The van der Waals surface area contributed by atoms with Crippen LogP contribution in [0, 0.1) is 0 Å². The van der Waals surface area contributed by atoms with Crippen LogP contribution in [0.15, 0.2) is 27.4 Å². The minimum absolute atomic E-state index is 0.283. The number of fused-ring (bicyclic) bond motifs is 3. The van der Waals surface area contributed by atoms with Gasteiger partial charge >= 0.3 is 11.6 Å². The lowest BCUT2D eigenvalue weighted by molar-refractivity contribution is -0.139. The molecule has 5 heteroatoms. The zero-order chi connectivity index (χ0) is 14.8. The van der Waals surface area contributed by atoms with Crippen LogP contribution in [-0.4, -0.2) is 17.7 Å². The summed E-state index contributed by atoms with van der Waals surface area (Å²) in [6.45, 7) is -0.416. The molecule has 0 amide bonds. The van der Waals surface area contributed by atoms with Gasteiger partial charge in [0.1, 0.15) is 11.3 Å². The van der Waals surface area contributed by atoms with Gasteiger partial charge in [-0.25, -0.2) is 9.59 Å². The number of hydrogen-bond acceptors (Lipinski definition) is 4. The van der Waals surface area contributed by atoms with Crippen LogP contribution in [0.1, 0.15) is 30.4 Å². The third-order valence-electron chi connectivity index (χ3n) is 3.81. The van der Waals surface area contributed by atoms with E-state index in [1.807, 2.05) is 6.07 Å². The lowest BCUT2D eigenvalue weighted by Crippen LogP contribution is -2.11. The minimum Gasteiger partial charge on any atom is -0.482 e. The maximum Gasteiger partial charge on any atom is 0.341 e. The third-order valence-corrected chi connectivity index (χ3v) is 3.81. The van der Waals surface area contributed by atoms with E-state index in [1.54, 1.807) is 12.1 Å². The molecule has 1 heterocycles. The highest BCUT2D eigenvalue weighted by Crippen LogP contribution is 2.28. The van der Waals surface area contributed by atoms with Crippen LogP contribution < -0.4 is 10.4 Å². The van der Waals surface area contributed by atoms with E-state index in [1.165, 1.54) is 0 Å². The predicted octanol–water partition coefficient (Wildman–Crippen LogP) is 2.53. The third kappa shape index (κ3) is 2.77. The second-order valence-corrected chi connectivity index (χ2v) is 5.25. The summed E-state index contributed by atoms with van der Waals surface area (Å²) in [6, 6.07) is 5.15. The molecule has 1 aromatic carbocycles. The van der Waals surface area contributed by atoms with Crippen molar-refractivity contribution in [2.24, 2.45) is 0 Å². The smallest absolute Gasteiger partial charge is 0.341 e. The molecule has 110 valence electrons. The van der Waals surface area contributed by atoms with Gasteiger partial charge in [-0.05, 0) is 43.4 Å². The topological polar surface area (TPSA) is 76.7 Å². The summed E-state index contributed by atoms with van der Waals surface area (Å²) in [5.41, 5.74) is 2.04. The number of aliphatic carboxylic acids is 1. The highest BCUT2D eigenvalue weighted by atomic mass is 16.5. The van der Waals surface area contributed by atoms with Crippen molar-refractivity contribution in [3.8, 4) is 5.75 Å². The van der Waals surface area contributed by atoms with Crippen molar-refractivity contribution in [1.29, 1.82) is 0 Å². The maximum absolute atomic E-state index is 12.1. The van der Waals surface area contributed by atoms with Gasteiger partial charge in [-0.3, -0.25) is 0 Å². The number of ether oxygens (including phenoxy) is 1. The van der Waals surface area contributed by atoms with Gasteiger partial charge < -0.3 is 14.3 Å². The Morgan fingerprint density at radius 2 is 1.95 bits per heavy atom. The van der Waals surface area contributed by atoms with Crippen LogP contribution in [0.5, 0.6) is 5.75 Å². The Bertz CT molecular complexity index is 744. The summed E-state index contributed by atoms with van der Waals surface area (Å²) >= 11 is 0. The Morgan fingerprint density at radius 3 is 2.71 bits per heavy atom. The van der Waals surface area contributed by atoms with Crippen LogP contribution in [0.4, 0.5) is 0 Å². The highest BCUT2D eigenvalue weighted by molar-refractivity contribution is 5.82. The van der Waals surface area contributed by atoms with Gasteiger partial charge in [0.2, 0.25) is 0 Å². The van der Waals surface area contributed by atoms with Gasteiger partial charge in [0, 0.05) is 17.0 Å². The van der Waals surface area contributed by atoms with Crippen LogP contribution in [-0.2, 0) is 17.6 Å². The van der Waals surface area contributed by atoms with Gasteiger partial charge in [-0.1, -0.05) is 6.42 Å². The van der Waals surface area contributed by atoms with Crippen LogP contribution >= 0.6 is 0 Å². The van der Waals surface area contributed by atoms with Crippen LogP contribution in [0.2, 0.25) is 0 Å². The summed E-state index contributed by atoms with van der Waals surface area (Å²) in [5.74, 6) is -0.653. The molecular formula is C16H16O5. The van der Waals surface area contributed by atoms with Crippen molar-refractivity contribution in [3.63, 3.8) is 0 Å². The van der Waals surface area contributed by atoms with E-state index in [4.69, 9.17) is 14.3 Å². The summed E-state index contributed by atoms with van der Waals surface area (Å²) in [6.07, 6.45) is 4.86. The Morgan fingerprint density at radius 1 is 1.19 bits per heavy atom. The monoisotopic (exact) mass is 288 g/mol. The molecule has 0 spiro atoms. The largest absolute Gasteiger partial charge is 0.482 e. The van der Waals surface area contributed by atoms with Gasteiger partial charge in [-0.2, -0.15) is 0 Å². The van der Waals surface area contributed by atoms with E-state index in [-0.39, 0.29) is 5.63 Å². The number of hydrogen-bond donors (Lipinski definition) is 1. The summed E-state index contributed by atoms with van der Waals surface area (Å²) in [7, 11) is 0. The normalized spacial score (nSPS) is 14.5. The first kappa shape index (κ1) is 13.7. The van der Waals surface area contributed by atoms with Gasteiger partial charge in [0.05, 0.1) is 0 Å². The molecular weight excluding hydrogens is 272 g/mol. The lowest BCUT2D eigenvalue weighted by Gasteiger charge is -2.09.